The minimum Gasteiger partial charge on any atom is -0.375 e. The van der Waals surface area contributed by atoms with Crippen molar-refractivity contribution in [2.45, 2.75) is 39.8 Å². The molecule has 21 heavy (non-hydrogen) atoms. The molecular formula is C17H27FN2O. The van der Waals surface area contributed by atoms with Crippen LogP contribution >= 0.6 is 0 Å². The van der Waals surface area contributed by atoms with E-state index in [1.165, 1.54) is 0 Å². The van der Waals surface area contributed by atoms with Gasteiger partial charge in [-0.3, -0.25) is 0 Å². The van der Waals surface area contributed by atoms with Crippen LogP contribution < -0.4 is 10.2 Å². The fourth-order valence-corrected chi connectivity index (χ4v) is 2.72. The summed E-state index contributed by atoms with van der Waals surface area (Å²) in [7, 11) is 0. The molecule has 1 unspecified atom stereocenters. The van der Waals surface area contributed by atoms with Gasteiger partial charge in [0.2, 0.25) is 0 Å². The number of ether oxygens (including phenoxy) is 1. The molecule has 0 spiro atoms. The predicted molar refractivity (Wildman–Crippen MR) is 85.2 cm³/mol. The van der Waals surface area contributed by atoms with Gasteiger partial charge in [0.1, 0.15) is 5.82 Å². The molecule has 0 bridgehead atoms. The molecule has 1 fully saturated rings. The van der Waals surface area contributed by atoms with Gasteiger partial charge in [-0.15, -0.1) is 0 Å². The molecule has 0 radical (unpaired) electrons. The van der Waals surface area contributed by atoms with Crippen LogP contribution in [0.5, 0.6) is 0 Å². The van der Waals surface area contributed by atoms with Crippen LogP contribution in [0.1, 0.15) is 32.8 Å². The highest BCUT2D eigenvalue weighted by atomic mass is 19.1. The van der Waals surface area contributed by atoms with E-state index in [1.54, 1.807) is 12.1 Å². The molecule has 1 aliphatic rings. The summed E-state index contributed by atoms with van der Waals surface area (Å²) in [6, 6.07) is 5.36. The number of rotatable bonds is 6. The highest BCUT2D eigenvalue weighted by Gasteiger charge is 2.23. The third-order valence-corrected chi connectivity index (χ3v) is 3.85. The van der Waals surface area contributed by atoms with E-state index in [-0.39, 0.29) is 11.9 Å². The maximum absolute atomic E-state index is 14.3. The van der Waals surface area contributed by atoms with Gasteiger partial charge in [-0.1, -0.05) is 32.9 Å². The number of nitrogens with one attached hydrogen (secondary N) is 1. The Morgan fingerprint density at radius 2 is 2.24 bits per heavy atom. The van der Waals surface area contributed by atoms with Crippen LogP contribution in [0.4, 0.5) is 10.1 Å². The molecule has 3 nitrogen and oxygen atoms in total. The largest absolute Gasteiger partial charge is 0.375 e. The van der Waals surface area contributed by atoms with Crippen molar-refractivity contribution >= 4 is 5.69 Å². The molecule has 0 saturated carbocycles. The van der Waals surface area contributed by atoms with Gasteiger partial charge in [0.05, 0.1) is 18.4 Å². The Hall–Kier alpha value is -1.13. The molecule has 4 heteroatoms. The first-order valence-electron chi connectivity index (χ1n) is 7.96. The van der Waals surface area contributed by atoms with Crippen LogP contribution in [0.2, 0.25) is 0 Å². The summed E-state index contributed by atoms with van der Waals surface area (Å²) in [4.78, 5) is 2.14. The average Bonchev–Trinajstić information content (AvgIpc) is 2.47. The maximum atomic E-state index is 14.3. The van der Waals surface area contributed by atoms with Crippen molar-refractivity contribution < 1.29 is 9.13 Å². The lowest BCUT2D eigenvalue weighted by Crippen LogP contribution is -2.43. The average molecular weight is 294 g/mol. The maximum Gasteiger partial charge on any atom is 0.146 e. The number of para-hydroxylation sites is 1. The third-order valence-electron chi connectivity index (χ3n) is 3.85. The van der Waals surface area contributed by atoms with Crippen LogP contribution in [-0.2, 0) is 11.3 Å². The lowest BCUT2D eigenvalue weighted by atomic mass is 10.1. The van der Waals surface area contributed by atoms with E-state index in [1.807, 2.05) is 6.07 Å². The SMILES string of the molecule is CCC1CN(c2c(F)cccc2CNCC(C)C)CCO1. The molecule has 118 valence electrons. The molecular weight excluding hydrogens is 267 g/mol. The molecule has 1 aromatic carbocycles. The first kappa shape index (κ1) is 16.2. The van der Waals surface area contributed by atoms with Gasteiger partial charge in [-0.25, -0.2) is 4.39 Å². The van der Waals surface area contributed by atoms with Gasteiger partial charge >= 0.3 is 0 Å². The van der Waals surface area contributed by atoms with Crippen molar-refractivity contribution in [2.24, 2.45) is 5.92 Å². The normalized spacial score (nSPS) is 19.3. The Labute approximate surface area is 127 Å². The number of hydrogen-bond acceptors (Lipinski definition) is 3. The van der Waals surface area contributed by atoms with Crippen molar-refractivity contribution in [3.05, 3.63) is 29.6 Å². The topological polar surface area (TPSA) is 24.5 Å². The summed E-state index contributed by atoms with van der Waals surface area (Å²) in [5.41, 5.74) is 1.78. The monoisotopic (exact) mass is 294 g/mol. The second kappa shape index (κ2) is 7.76. The molecule has 0 amide bonds. The lowest BCUT2D eigenvalue weighted by Gasteiger charge is -2.35. The van der Waals surface area contributed by atoms with E-state index < -0.39 is 0 Å². The zero-order valence-corrected chi connectivity index (χ0v) is 13.4. The van der Waals surface area contributed by atoms with Gasteiger partial charge < -0.3 is 15.0 Å². The first-order chi connectivity index (χ1) is 10.1. The van der Waals surface area contributed by atoms with Gasteiger partial charge in [0, 0.05) is 19.6 Å². The van der Waals surface area contributed by atoms with E-state index in [9.17, 15) is 4.39 Å². The number of hydrogen-bond donors (Lipinski definition) is 1. The predicted octanol–water partition coefficient (Wildman–Crippen LogP) is 3.19. The number of morpholine rings is 1. The van der Waals surface area contributed by atoms with Crippen molar-refractivity contribution in [3.63, 3.8) is 0 Å². The minimum absolute atomic E-state index is 0.129. The second-order valence-electron chi connectivity index (χ2n) is 6.12. The van der Waals surface area contributed by atoms with Crippen molar-refractivity contribution in [1.82, 2.24) is 5.32 Å². The number of anilines is 1. The fourth-order valence-electron chi connectivity index (χ4n) is 2.72. The molecule has 1 aliphatic heterocycles. The van der Waals surface area contributed by atoms with Crippen molar-refractivity contribution in [2.75, 3.05) is 31.1 Å². The van der Waals surface area contributed by atoms with Gasteiger partial charge in [0.15, 0.2) is 0 Å². The Morgan fingerprint density at radius 3 is 2.95 bits per heavy atom. The minimum atomic E-state index is -0.129. The standard InChI is InChI=1S/C17H27FN2O/c1-4-15-12-20(8-9-21-15)17-14(6-5-7-16(17)18)11-19-10-13(2)3/h5-7,13,15,19H,4,8-12H2,1-3H3. The van der Waals surface area contributed by atoms with Crippen molar-refractivity contribution in [1.29, 1.82) is 0 Å². The quantitative estimate of drug-likeness (QED) is 0.872. The Morgan fingerprint density at radius 1 is 1.43 bits per heavy atom. The van der Waals surface area contributed by atoms with Crippen LogP contribution in [-0.4, -0.2) is 32.3 Å². The van der Waals surface area contributed by atoms with Crippen LogP contribution in [0.15, 0.2) is 18.2 Å². The molecule has 1 atom stereocenters. The molecule has 0 aliphatic carbocycles. The summed E-state index contributed by atoms with van der Waals surface area (Å²) >= 11 is 0. The Balaban J connectivity index is 2.13. The van der Waals surface area contributed by atoms with E-state index in [4.69, 9.17) is 4.74 Å². The molecule has 1 N–H and O–H groups in total. The summed E-state index contributed by atoms with van der Waals surface area (Å²) in [6.45, 7) is 10.3. The van der Waals surface area contributed by atoms with E-state index in [0.29, 0.717) is 19.1 Å². The van der Waals surface area contributed by atoms with Crippen LogP contribution in [0, 0.1) is 11.7 Å². The Bertz CT molecular complexity index is 450. The van der Waals surface area contributed by atoms with Gasteiger partial charge in [-0.05, 0) is 30.5 Å². The lowest BCUT2D eigenvalue weighted by molar-refractivity contribution is 0.0381. The van der Waals surface area contributed by atoms with E-state index >= 15 is 0 Å². The summed E-state index contributed by atoms with van der Waals surface area (Å²) in [5.74, 6) is 0.463. The number of halogens is 1. The second-order valence-corrected chi connectivity index (χ2v) is 6.12. The smallest absolute Gasteiger partial charge is 0.146 e. The fraction of sp³-hybridized carbons (Fsp3) is 0.647. The number of benzene rings is 1. The third kappa shape index (κ3) is 4.42. The molecule has 1 aromatic rings. The van der Waals surface area contributed by atoms with E-state index in [0.717, 1.165) is 37.3 Å². The highest BCUT2D eigenvalue weighted by molar-refractivity contribution is 5.55. The highest BCUT2D eigenvalue weighted by Crippen LogP contribution is 2.27. The molecule has 1 saturated heterocycles. The van der Waals surface area contributed by atoms with Crippen LogP contribution in [0.25, 0.3) is 0 Å². The summed E-state index contributed by atoms with van der Waals surface area (Å²) < 4.78 is 20.0. The van der Waals surface area contributed by atoms with Gasteiger partial charge in [0.25, 0.3) is 0 Å². The molecule has 2 rings (SSSR count). The van der Waals surface area contributed by atoms with Gasteiger partial charge in [-0.2, -0.15) is 0 Å². The molecule has 1 heterocycles. The first-order valence-corrected chi connectivity index (χ1v) is 7.96. The zero-order chi connectivity index (χ0) is 15.2. The number of nitrogens with zero attached hydrogens (tertiary/aromatic N) is 1. The summed E-state index contributed by atoms with van der Waals surface area (Å²) in [6.07, 6.45) is 1.17. The Kier molecular flexibility index (Phi) is 6.00. The van der Waals surface area contributed by atoms with E-state index in [2.05, 4.69) is 31.0 Å². The molecule has 0 aromatic heterocycles. The van der Waals surface area contributed by atoms with Crippen LogP contribution in [0.3, 0.4) is 0 Å². The van der Waals surface area contributed by atoms with Crippen molar-refractivity contribution in [3.8, 4) is 0 Å². The summed E-state index contributed by atoms with van der Waals surface area (Å²) in [5, 5.41) is 3.41. The zero-order valence-electron chi connectivity index (χ0n) is 13.4.